The summed E-state index contributed by atoms with van der Waals surface area (Å²) in [7, 11) is -2.22. The number of imidazole rings is 1. The van der Waals surface area contributed by atoms with Crippen LogP contribution in [0.5, 0.6) is 5.75 Å². The van der Waals surface area contributed by atoms with Crippen molar-refractivity contribution in [3.63, 3.8) is 0 Å². The number of methoxy groups -OCH3 is 1. The fraction of sp³-hybridized carbons (Fsp3) is 0.267. The predicted octanol–water partition coefficient (Wildman–Crippen LogP) is 1.25. The Balaban J connectivity index is 2.03. The van der Waals surface area contributed by atoms with Gasteiger partial charge in [0.05, 0.1) is 18.3 Å². The molecule has 0 unspecified atom stereocenters. The van der Waals surface area contributed by atoms with E-state index in [0.29, 0.717) is 22.5 Å². The molecule has 3 aromatic rings. The highest BCUT2D eigenvalue weighted by Crippen LogP contribution is 2.26. The lowest BCUT2D eigenvalue weighted by atomic mass is 10.1. The molecule has 0 spiro atoms. The van der Waals surface area contributed by atoms with Crippen molar-refractivity contribution in [3.05, 3.63) is 45.5 Å². The minimum atomic E-state index is -3.76. The van der Waals surface area contributed by atoms with Crippen LogP contribution in [0.3, 0.4) is 0 Å². The van der Waals surface area contributed by atoms with E-state index in [2.05, 4.69) is 19.9 Å². The molecule has 0 radical (unpaired) electrons. The molecule has 2 N–H and O–H groups in total. The van der Waals surface area contributed by atoms with Gasteiger partial charge in [-0.15, -0.1) is 0 Å². The lowest BCUT2D eigenvalue weighted by molar-refractivity contribution is 0.407. The van der Waals surface area contributed by atoms with Crippen LogP contribution in [0.25, 0.3) is 11.2 Å². The molecule has 0 fully saturated rings. The number of hydrogen-bond acceptors (Lipinski definition) is 6. The monoisotopic (exact) mass is 348 g/mol. The molecule has 3 aromatic heterocycles. The van der Waals surface area contributed by atoms with Gasteiger partial charge in [0, 0.05) is 23.4 Å². The van der Waals surface area contributed by atoms with E-state index >= 15 is 0 Å². The molecular formula is C15H16N4O4S. The Labute approximate surface area is 137 Å². The Bertz CT molecular complexity index is 1080. The quantitative estimate of drug-likeness (QED) is 0.732. The van der Waals surface area contributed by atoms with Gasteiger partial charge in [0.25, 0.3) is 0 Å². The largest absolute Gasteiger partial charge is 0.496 e. The van der Waals surface area contributed by atoms with Crippen molar-refractivity contribution >= 4 is 21.0 Å². The van der Waals surface area contributed by atoms with Crippen LogP contribution in [0.4, 0.5) is 0 Å². The molecule has 3 rings (SSSR count). The third-order valence-electron chi connectivity index (χ3n) is 3.72. The molecule has 0 bridgehead atoms. The Hall–Kier alpha value is -2.68. The van der Waals surface area contributed by atoms with E-state index in [1.54, 1.807) is 13.1 Å². The highest BCUT2D eigenvalue weighted by atomic mass is 32.2. The maximum Gasteiger partial charge on any atom is 0.249 e. The molecule has 126 valence electrons. The summed E-state index contributed by atoms with van der Waals surface area (Å²) < 4.78 is 30.6. The fourth-order valence-corrected chi connectivity index (χ4v) is 3.79. The van der Waals surface area contributed by atoms with Gasteiger partial charge in [-0.25, -0.2) is 13.4 Å². The molecule has 3 heterocycles. The van der Waals surface area contributed by atoms with Gasteiger partial charge in [-0.3, -0.25) is 9.78 Å². The summed E-state index contributed by atoms with van der Waals surface area (Å²) in [6, 6.07) is 2.78. The van der Waals surface area contributed by atoms with E-state index in [0.717, 1.165) is 5.56 Å². The third kappa shape index (κ3) is 2.78. The number of nitrogens with one attached hydrogen (secondary N) is 2. The van der Waals surface area contributed by atoms with Gasteiger partial charge in [-0.1, -0.05) is 0 Å². The minimum Gasteiger partial charge on any atom is -0.496 e. The number of H-pyrrole nitrogens is 2. The summed E-state index contributed by atoms with van der Waals surface area (Å²) in [4.78, 5) is 24.7. The van der Waals surface area contributed by atoms with E-state index < -0.39 is 9.84 Å². The van der Waals surface area contributed by atoms with E-state index in [4.69, 9.17) is 4.74 Å². The van der Waals surface area contributed by atoms with Crippen LogP contribution >= 0.6 is 0 Å². The van der Waals surface area contributed by atoms with Crippen LogP contribution in [-0.2, 0) is 15.6 Å². The summed E-state index contributed by atoms with van der Waals surface area (Å²) in [5, 5.41) is -0.208. The Morgan fingerprint density at radius 3 is 2.67 bits per heavy atom. The molecule has 0 atom stereocenters. The number of nitrogens with zero attached hydrogens (tertiary/aromatic N) is 2. The number of aryl methyl sites for hydroxylation is 1. The van der Waals surface area contributed by atoms with Crippen molar-refractivity contribution < 1.29 is 13.2 Å². The summed E-state index contributed by atoms with van der Waals surface area (Å²) in [6.45, 7) is 3.60. The van der Waals surface area contributed by atoms with Crippen LogP contribution in [0.2, 0.25) is 0 Å². The summed E-state index contributed by atoms with van der Waals surface area (Å²) >= 11 is 0. The van der Waals surface area contributed by atoms with E-state index in [1.165, 1.54) is 19.2 Å². The standard InChI is InChI=1S/C15H16N4O4S/c1-8-6-16-11(9(2)13(8)23-3)7-24(21,22)15-17-10-4-5-12(20)18-14(10)19-15/h4-6H,7H2,1-3H3,(H2,17,18,19,20). The first-order valence-corrected chi connectivity index (χ1v) is 8.78. The summed E-state index contributed by atoms with van der Waals surface area (Å²) in [5.74, 6) is 0.295. The SMILES string of the molecule is COc1c(C)cnc(CS(=O)(=O)c2nc3[nH]c(=O)ccc3[nH]2)c1C. The second-order valence-corrected chi connectivity index (χ2v) is 7.34. The van der Waals surface area contributed by atoms with Crippen LogP contribution in [0.1, 0.15) is 16.8 Å². The average molecular weight is 348 g/mol. The molecule has 0 saturated heterocycles. The number of aromatic nitrogens is 4. The Morgan fingerprint density at radius 2 is 1.96 bits per heavy atom. The molecular weight excluding hydrogens is 332 g/mol. The number of sulfone groups is 1. The summed E-state index contributed by atoms with van der Waals surface area (Å²) in [6.07, 6.45) is 1.58. The number of hydrogen-bond donors (Lipinski definition) is 2. The highest BCUT2D eigenvalue weighted by Gasteiger charge is 2.23. The molecule has 0 saturated carbocycles. The lowest BCUT2D eigenvalue weighted by Crippen LogP contribution is -2.10. The average Bonchev–Trinajstić information content (AvgIpc) is 2.94. The maximum atomic E-state index is 12.6. The molecule has 24 heavy (non-hydrogen) atoms. The van der Waals surface area contributed by atoms with Gasteiger partial charge >= 0.3 is 0 Å². The molecule has 8 nitrogen and oxygen atoms in total. The maximum absolute atomic E-state index is 12.6. The lowest BCUT2D eigenvalue weighted by Gasteiger charge is -2.11. The van der Waals surface area contributed by atoms with Crippen LogP contribution < -0.4 is 10.3 Å². The second-order valence-electron chi connectivity index (χ2n) is 5.43. The number of fused-ring (bicyclic) bond motifs is 1. The zero-order chi connectivity index (χ0) is 17.5. The van der Waals surface area contributed by atoms with Crippen molar-refractivity contribution in [2.75, 3.05) is 7.11 Å². The van der Waals surface area contributed by atoms with Crippen LogP contribution in [-0.4, -0.2) is 35.5 Å². The van der Waals surface area contributed by atoms with Crippen molar-refractivity contribution in [1.29, 1.82) is 0 Å². The fourth-order valence-electron chi connectivity index (χ4n) is 2.51. The summed E-state index contributed by atoms with van der Waals surface area (Å²) in [5.41, 5.74) is 2.19. The second kappa shape index (κ2) is 5.75. The molecule has 0 aliphatic heterocycles. The molecule has 0 aliphatic rings. The van der Waals surface area contributed by atoms with E-state index in [1.807, 2.05) is 6.92 Å². The smallest absolute Gasteiger partial charge is 0.249 e. The van der Waals surface area contributed by atoms with Crippen molar-refractivity contribution in [2.45, 2.75) is 24.8 Å². The van der Waals surface area contributed by atoms with Crippen molar-refractivity contribution in [2.24, 2.45) is 0 Å². The number of pyridine rings is 2. The molecule has 0 aliphatic carbocycles. The minimum absolute atomic E-state index is 0.201. The molecule has 0 amide bonds. The molecule has 0 aromatic carbocycles. The van der Waals surface area contributed by atoms with E-state index in [-0.39, 0.29) is 22.1 Å². The molecule has 9 heteroatoms. The first kappa shape index (κ1) is 16.2. The zero-order valence-corrected chi connectivity index (χ0v) is 14.2. The van der Waals surface area contributed by atoms with Gasteiger partial charge in [0.2, 0.25) is 20.6 Å². The highest BCUT2D eigenvalue weighted by molar-refractivity contribution is 7.90. The first-order chi connectivity index (χ1) is 11.3. The van der Waals surface area contributed by atoms with Gasteiger partial charge in [0.15, 0.2) is 5.65 Å². The van der Waals surface area contributed by atoms with Crippen molar-refractivity contribution in [3.8, 4) is 5.75 Å². The number of ether oxygens (including phenoxy) is 1. The van der Waals surface area contributed by atoms with Gasteiger partial charge in [0.1, 0.15) is 11.5 Å². The number of aromatic amines is 2. The zero-order valence-electron chi connectivity index (χ0n) is 13.4. The topological polar surface area (TPSA) is 118 Å². The van der Waals surface area contributed by atoms with E-state index in [9.17, 15) is 13.2 Å². The third-order valence-corrected chi connectivity index (χ3v) is 5.16. The Kier molecular flexibility index (Phi) is 3.88. The Morgan fingerprint density at radius 1 is 1.21 bits per heavy atom. The van der Waals surface area contributed by atoms with Gasteiger partial charge in [-0.2, -0.15) is 0 Å². The normalized spacial score (nSPS) is 11.8. The van der Waals surface area contributed by atoms with Gasteiger partial charge < -0.3 is 14.7 Å². The van der Waals surface area contributed by atoms with Crippen LogP contribution in [0, 0.1) is 13.8 Å². The van der Waals surface area contributed by atoms with Gasteiger partial charge in [-0.05, 0) is 19.9 Å². The predicted molar refractivity (Wildman–Crippen MR) is 87.9 cm³/mol. The van der Waals surface area contributed by atoms with Crippen LogP contribution in [0.15, 0.2) is 28.3 Å². The number of rotatable bonds is 4. The first-order valence-electron chi connectivity index (χ1n) is 7.12. The van der Waals surface area contributed by atoms with Crippen molar-refractivity contribution in [1.82, 2.24) is 19.9 Å².